The van der Waals surface area contributed by atoms with E-state index in [2.05, 4.69) is 6.92 Å². The second kappa shape index (κ2) is 34.1. The molecule has 2 nitrogen and oxygen atoms in total. The van der Waals surface area contributed by atoms with Gasteiger partial charge in [-0.3, -0.25) is 0 Å². The summed E-state index contributed by atoms with van der Waals surface area (Å²) in [6, 6.07) is 0. The van der Waals surface area contributed by atoms with Crippen LogP contribution in [-0.4, -0.2) is 5.97 Å². The van der Waals surface area contributed by atoms with Gasteiger partial charge in [-0.25, -0.2) is 0 Å². The molecule has 0 spiro atoms. The number of hydrogen-bond donors (Lipinski definition) is 0. The number of carbonyl (C=O) groups is 1. The Labute approximate surface area is 258 Å². The standard InChI is InChI=1S/C31H62O2.K/c1-2-3-4-5-6-7-8-9-10-11-12-13-14-15-16-17-18-19-20-21-22-23-24-25-26-27-28-29-30-31(32)33;/h2-30H2,1H3,(H,32,33);/q;+1/p-1. The number of rotatable bonds is 29. The van der Waals surface area contributed by atoms with Crippen LogP contribution in [-0.2, 0) is 4.79 Å². The molecule has 0 aromatic heterocycles. The predicted molar refractivity (Wildman–Crippen MR) is 145 cm³/mol. The number of aliphatic carboxylic acids is 1. The van der Waals surface area contributed by atoms with Crippen molar-refractivity contribution in [3.05, 3.63) is 0 Å². The summed E-state index contributed by atoms with van der Waals surface area (Å²) in [5, 5.41) is 10.3. The summed E-state index contributed by atoms with van der Waals surface area (Å²) < 4.78 is 0. The van der Waals surface area contributed by atoms with Gasteiger partial charge in [0.1, 0.15) is 0 Å². The SMILES string of the molecule is CCCCCCCCCCCCCCCCCCCCCCCCCCCCCCC(=O)[O-].[K+]. The Kier molecular flexibility index (Phi) is 37.4. The van der Waals surface area contributed by atoms with Crippen molar-refractivity contribution in [2.24, 2.45) is 0 Å². The summed E-state index contributed by atoms with van der Waals surface area (Å²) in [7, 11) is 0. The molecule has 0 bridgehead atoms. The monoisotopic (exact) mass is 504 g/mol. The third-order valence-corrected chi connectivity index (χ3v) is 7.23. The van der Waals surface area contributed by atoms with Gasteiger partial charge in [0, 0.05) is 5.97 Å². The smallest absolute Gasteiger partial charge is 0.550 e. The molecule has 0 atom stereocenters. The van der Waals surface area contributed by atoms with Crippen molar-refractivity contribution in [1.82, 2.24) is 0 Å². The average Bonchev–Trinajstić information content (AvgIpc) is 2.80. The number of carbonyl (C=O) groups excluding carboxylic acids is 1. The van der Waals surface area contributed by atoms with Gasteiger partial charge in [0.05, 0.1) is 0 Å². The normalized spacial score (nSPS) is 11.0. The van der Waals surface area contributed by atoms with Gasteiger partial charge >= 0.3 is 51.4 Å². The molecule has 0 aliphatic carbocycles. The van der Waals surface area contributed by atoms with E-state index >= 15 is 0 Å². The van der Waals surface area contributed by atoms with Gasteiger partial charge in [0.2, 0.25) is 0 Å². The Balaban J connectivity index is 0. The molecular formula is C31H61KO2. The van der Waals surface area contributed by atoms with E-state index in [9.17, 15) is 9.90 Å². The first-order chi connectivity index (χ1) is 16.3. The number of carboxylic acids is 1. The van der Waals surface area contributed by atoms with Crippen molar-refractivity contribution in [3.63, 3.8) is 0 Å². The maximum atomic E-state index is 10.3. The second-order valence-corrected chi connectivity index (χ2v) is 10.7. The molecule has 0 amide bonds. The van der Waals surface area contributed by atoms with Crippen molar-refractivity contribution >= 4 is 5.97 Å². The molecule has 198 valence electrons. The molecule has 0 N–H and O–H groups in total. The van der Waals surface area contributed by atoms with Gasteiger partial charge in [-0.2, -0.15) is 0 Å². The van der Waals surface area contributed by atoms with Gasteiger partial charge in [0.25, 0.3) is 0 Å². The molecule has 0 saturated carbocycles. The van der Waals surface area contributed by atoms with Gasteiger partial charge in [-0.1, -0.05) is 180 Å². The Morgan fingerprint density at radius 2 is 0.559 bits per heavy atom. The minimum absolute atomic E-state index is 0. The molecule has 0 saturated heterocycles. The summed E-state index contributed by atoms with van der Waals surface area (Å²) in [5.74, 6) is -0.898. The van der Waals surface area contributed by atoms with Crippen molar-refractivity contribution in [2.45, 2.75) is 193 Å². The molecular weight excluding hydrogens is 443 g/mol. The van der Waals surface area contributed by atoms with E-state index in [-0.39, 0.29) is 57.8 Å². The van der Waals surface area contributed by atoms with E-state index in [0.29, 0.717) is 0 Å². The van der Waals surface area contributed by atoms with Crippen LogP contribution in [0.1, 0.15) is 193 Å². The predicted octanol–water partition coefficient (Wildman–Crippen LogP) is 7.07. The largest absolute Gasteiger partial charge is 1.00 e. The van der Waals surface area contributed by atoms with Crippen LogP contribution in [0.4, 0.5) is 0 Å². The molecule has 34 heavy (non-hydrogen) atoms. The second-order valence-electron chi connectivity index (χ2n) is 10.7. The molecule has 0 heterocycles. The Hall–Kier alpha value is 1.11. The minimum Gasteiger partial charge on any atom is -0.550 e. The first kappa shape index (κ1) is 37.3. The van der Waals surface area contributed by atoms with Crippen molar-refractivity contribution in [2.75, 3.05) is 0 Å². The summed E-state index contributed by atoms with van der Waals surface area (Å²) in [4.78, 5) is 10.3. The Bertz CT molecular complexity index is 372. The van der Waals surface area contributed by atoms with Gasteiger partial charge in [0.15, 0.2) is 0 Å². The average molecular weight is 505 g/mol. The van der Waals surface area contributed by atoms with Crippen molar-refractivity contribution in [3.8, 4) is 0 Å². The summed E-state index contributed by atoms with van der Waals surface area (Å²) >= 11 is 0. The third kappa shape index (κ3) is 35.3. The quantitative estimate of drug-likeness (QED) is 0.0807. The van der Waals surface area contributed by atoms with E-state index < -0.39 is 5.97 Å². The fourth-order valence-corrected chi connectivity index (χ4v) is 4.94. The van der Waals surface area contributed by atoms with E-state index in [0.717, 1.165) is 12.8 Å². The van der Waals surface area contributed by atoms with Crippen LogP contribution in [0.15, 0.2) is 0 Å². The van der Waals surface area contributed by atoms with E-state index in [1.54, 1.807) is 0 Å². The number of unbranched alkanes of at least 4 members (excludes halogenated alkanes) is 27. The molecule has 0 aliphatic rings. The Morgan fingerprint density at radius 1 is 0.382 bits per heavy atom. The molecule has 0 aliphatic heterocycles. The molecule has 3 heteroatoms. The van der Waals surface area contributed by atoms with Crippen LogP contribution in [0.3, 0.4) is 0 Å². The fourth-order valence-electron chi connectivity index (χ4n) is 4.94. The minimum atomic E-state index is -0.898. The fraction of sp³-hybridized carbons (Fsp3) is 0.968. The summed E-state index contributed by atoms with van der Waals surface area (Å²) in [6.07, 6.45) is 39.1. The maximum absolute atomic E-state index is 10.3. The molecule has 0 radical (unpaired) electrons. The molecule has 0 aromatic carbocycles. The summed E-state index contributed by atoms with van der Waals surface area (Å²) in [5.41, 5.74) is 0. The molecule has 0 fully saturated rings. The van der Waals surface area contributed by atoms with Crippen LogP contribution in [0, 0.1) is 0 Å². The topological polar surface area (TPSA) is 40.1 Å². The van der Waals surface area contributed by atoms with Crippen LogP contribution in [0.2, 0.25) is 0 Å². The zero-order valence-electron chi connectivity index (χ0n) is 23.8. The molecule has 0 aromatic rings. The van der Waals surface area contributed by atoms with Gasteiger partial charge in [-0.05, 0) is 12.8 Å². The van der Waals surface area contributed by atoms with Crippen LogP contribution < -0.4 is 56.5 Å². The van der Waals surface area contributed by atoms with Crippen LogP contribution >= 0.6 is 0 Å². The number of carboxylic acid groups (broad SMARTS) is 1. The number of hydrogen-bond acceptors (Lipinski definition) is 2. The van der Waals surface area contributed by atoms with Crippen LogP contribution in [0.5, 0.6) is 0 Å². The molecule has 0 rings (SSSR count). The van der Waals surface area contributed by atoms with E-state index in [1.165, 1.54) is 167 Å². The maximum Gasteiger partial charge on any atom is 1.00 e. The van der Waals surface area contributed by atoms with Crippen molar-refractivity contribution in [1.29, 1.82) is 0 Å². The van der Waals surface area contributed by atoms with Crippen LogP contribution in [0.25, 0.3) is 0 Å². The van der Waals surface area contributed by atoms with Crippen molar-refractivity contribution < 1.29 is 61.3 Å². The van der Waals surface area contributed by atoms with Gasteiger partial charge in [-0.15, -0.1) is 0 Å². The Morgan fingerprint density at radius 3 is 0.735 bits per heavy atom. The van der Waals surface area contributed by atoms with E-state index in [1.807, 2.05) is 0 Å². The summed E-state index contributed by atoms with van der Waals surface area (Å²) in [6.45, 7) is 2.30. The first-order valence-corrected chi connectivity index (χ1v) is 15.5. The zero-order valence-corrected chi connectivity index (χ0v) is 26.9. The third-order valence-electron chi connectivity index (χ3n) is 7.23. The van der Waals surface area contributed by atoms with E-state index in [4.69, 9.17) is 0 Å². The molecule has 0 unspecified atom stereocenters. The van der Waals surface area contributed by atoms with Gasteiger partial charge < -0.3 is 9.90 Å². The zero-order chi connectivity index (χ0) is 24.1. The first-order valence-electron chi connectivity index (χ1n) is 15.5.